The van der Waals surface area contributed by atoms with Gasteiger partial charge in [-0.15, -0.1) is 11.3 Å². The molecule has 0 spiro atoms. The highest BCUT2D eigenvalue weighted by Crippen LogP contribution is 2.37. The molecule has 4 rings (SSSR count). The highest BCUT2D eigenvalue weighted by Gasteiger charge is 2.33. The Bertz CT molecular complexity index is 1250. The molecule has 1 aliphatic rings. The summed E-state index contributed by atoms with van der Waals surface area (Å²) in [6.45, 7) is 0.764. The van der Waals surface area contributed by atoms with Crippen molar-refractivity contribution < 1.29 is 13.2 Å². The molecule has 3 aromatic rings. The lowest BCUT2D eigenvalue weighted by Crippen LogP contribution is -2.50. The van der Waals surface area contributed by atoms with Crippen LogP contribution in [-0.2, 0) is 10.0 Å². The second-order valence-electron chi connectivity index (χ2n) is 6.66. The number of benzene rings is 2. The minimum absolute atomic E-state index is 0.0409. The van der Waals surface area contributed by atoms with Crippen LogP contribution in [0.15, 0.2) is 41.3 Å². The Hall–Kier alpha value is -1.06. The standard InChI is InChI=1S/C19H14Cl4N2O3S2/c20-11-1-3-13-15(9-11)29-18(17(13)23)19(26)24-5-7-25(8-6-24)30(27,28)16-10-12(21)2-4-14(16)22/h1-4,9-10H,5-8H2. The van der Waals surface area contributed by atoms with Gasteiger partial charge in [-0.1, -0.05) is 52.5 Å². The van der Waals surface area contributed by atoms with Gasteiger partial charge in [0.25, 0.3) is 5.91 Å². The lowest BCUT2D eigenvalue weighted by Gasteiger charge is -2.34. The van der Waals surface area contributed by atoms with Crippen LogP contribution in [0.25, 0.3) is 10.1 Å². The van der Waals surface area contributed by atoms with Crippen LogP contribution in [-0.4, -0.2) is 49.7 Å². The molecule has 0 N–H and O–H groups in total. The Morgan fingerprint density at radius 1 is 0.900 bits per heavy atom. The van der Waals surface area contributed by atoms with Gasteiger partial charge >= 0.3 is 0 Å². The van der Waals surface area contributed by atoms with Gasteiger partial charge in [-0.05, 0) is 30.3 Å². The van der Waals surface area contributed by atoms with E-state index in [4.69, 9.17) is 46.4 Å². The average molecular weight is 524 g/mol. The van der Waals surface area contributed by atoms with Gasteiger partial charge in [0.05, 0.1) is 10.0 Å². The van der Waals surface area contributed by atoms with Gasteiger partial charge in [-0.25, -0.2) is 8.42 Å². The van der Waals surface area contributed by atoms with E-state index in [1.54, 1.807) is 23.1 Å². The predicted molar refractivity (Wildman–Crippen MR) is 123 cm³/mol. The van der Waals surface area contributed by atoms with E-state index < -0.39 is 10.0 Å². The number of hydrogen-bond acceptors (Lipinski definition) is 4. The van der Waals surface area contributed by atoms with E-state index >= 15 is 0 Å². The highest BCUT2D eigenvalue weighted by molar-refractivity contribution is 7.89. The third-order valence-corrected chi connectivity index (χ3v) is 9.32. The average Bonchev–Trinajstić information content (AvgIpc) is 3.04. The maximum atomic E-state index is 13.0. The zero-order chi connectivity index (χ0) is 21.6. The molecule has 158 valence electrons. The Labute approximate surface area is 197 Å². The fourth-order valence-electron chi connectivity index (χ4n) is 3.27. The van der Waals surface area contributed by atoms with Gasteiger partial charge in [-0.3, -0.25) is 4.79 Å². The molecule has 0 aliphatic carbocycles. The summed E-state index contributed by atoms with van der Waals surface area (Å²) in [5.74, 6) is -0.227. The smallest absolute Gasteiger partial charge is 0.265 e. The van der Waals surface area contributed by atoms with Crippen LogP contribution in [0.1, 0.15) is 9.67 Å². The summed E-state index contributed by atoms with van der Waals surface area (Å²) in [5.41, 5.74) is 0. The van der Waals surface area contributed by atoms with E-state index in [-0.39, 0.29) is 47.0 Å². The number of carbonyl (C=O) groups is 1. The fraction of sp³-hybridized carbons (Fsp3) is 0.211. The highest BCUT2D eigenvalue weighted by atomic mass is 35.5. The van der Waals surface area contributed by atoms with Crippen LogP contribution in [0, 0.1) is 0 Å². The van der Waals surface area contributed by atoms with Gasteiger partial charge in [-0.2, -0.15) is 4.31 Å². The van der Waals surface area contributed by atoms with Crippen molar-refractivity contribution >= 4 is 83.8 Å². The quantitative estimate of drug-likeness (QED) is 0.445. The van der Waals surface area contributed by atoms with Crippen LogP contribution in [0.4, 0.5) is 0 Å². The molecule has 1 fully saturated rings. The summed E-state index contributed by atoms with van der Waals surface area (Å²) in [6, 6.07) is 9.59. The molecule has 0 saturated carbocycles. The summed E-state index contributed by atoms with van der Waals surface area (Å²) in [5, 5.41) is 2.11. The largest absolute Gasteiger partial charge is 0.335 e. The first kappa shape index (κ1) is 22.1. The van der Waals surface area contributed by atoms with Crippen LogP contribution >= 0.6 is 57.7 Å². The molecule has 1 saturated heterocycles. The first-order valence-electron chi connectivity index (χ1n) is 8.80. The van der Waals surface area contributed by atoms with Crippen molar-refractivity contribution in [2.24, 2.45) is 0 Å². The Morgan fingerprint density at radius 2 is 1.53 bits per heavy atom. The van der Waals surface area contributed by atoms with E-state index in [9.17, 15) is 13.2 Å². The summed E-state index contributed by atoms with van der Waals surface area (Å²) >= 11 is 25.7. The zero-order valence-corrected chi connectivity index (χ0v) is 19.9. The monoisotopic (exact) mass is 522 g/mol. The van der Waals surface area contributed by atoms with Crippen molar-refractivity contribution in [2.75, 3.05) is 26.2 Å². The van der Waals surface area contributed by atoms with E-state index in [1.165, 1.54) is 33.8 Å². The number of halogens is 4. The Kier molecular flexibility index (Phi) is 6.25. The molecule has 0 radical (unpaired) electrons. The molecule has 0 bridgehead atoms. The van der Waals surface area contributed by atoms with Gasteiger partial charge < -0.3 is 4.90 Å². The summed E-state index contributed by atoms with van der Waals surface area (Å²) in [6.07, 6.45) is 0. The third kappa shape index (κ3) is 4.05. The zero-order valence-electron chi connectivity index (χ0n) is 15.2. The molecule has 5 nitrogen and oxygen atoms in total. The van der Waals surface area contributed by atoms with Gasteiger partial charge in [0.15, 0.2) is 0 Å². The SMILES string of the molecule is O=C(c1sc2cc(Cl)ccc2c1Cl)N1CCN(S(=O)(=O)c2cc(Cl)ccc2Cl)CC1. The molecular weight excluding hydrogens is 510 g/mol. The molecule has 1 aromatic heterocycles. The van der Waals surface area contributed by atoms with Crippen molar-refractivity contribution in [1.82, 2.24) is 9.21 Å². The first-order chi connectivity index (χ1) is 14.2. The molecule has 1 aliphatic heterocycles. The lowest BCUT2D eigenvalue weighted by atomic mass is 10.2. The van der Waals surface area contributed by atoms with Gasteiger partial charge in [0.2, 0.25) is 10.0 Å². The molecule has 0 atom stereocenters. The minimum Gasteiger partial charge on any atom is -0.335 e. The van der Waals surface area contributed by atoms with E-state index in [0.717, 1.165) is 10.1 Å². The number of nitrogens with zero attached hydrogens (tertiary/aromatic N) is 2. The molecule has 2 aromatic carbocycles. The number of amides is 1. The number of thiophene rings is 1. The second kappa shape index (κ2) is 8.47. The second-order valence-corrected chi connectivity index (χ2v) is 11.3. The molecule has 30 heavy (non-hydrogen) atoms. The van der Waals surface area contributed by atoms with Crippen LogP contribution in [0.5, 0.6) is 0 Å². The fourth-order valence-corrected chi connectivity index (χ4v) is 7.18. The van der Waals surface area contributed by atoms with E-state index in [1.807, 2.05) is 0 Å². The normalized spacial score (nSPS) is 15.7. The summed E-state index contributed by atoms with van der Waals surface area (Å²) in [4.78, 5) is 15.0. The topological polar surface area (TPSA) is 57.7 Å². The Morgan fingerprint density at radius 3 is 2.23 bits per heavy atom. The van der Waals surface area contributed by atoms with Crippen LogP contribution in [0.2, 0.25) is 20.1 Å². The van der Waals surface area contributed by atoms with Crippen molar-refractivity contribution in [2.45, 2.75) is 4.90 Å². The van der Waals surface area contributed by atoms with Crippen LogP contribution in [0.3, 0.4) is 0 Å². The summed E-state index contributed by atoms with van der Waals surface area (Å²) < 4.78 is 28.0. The molecule has 2 heterocycles. The van der Waals surface area contributed by atoms with Crippen LogP contribution < -0.4 is 0 Å². The number of hydrogen-bond donors (Lipinski definition) is 0. The minimum atomic E-state index is -3.82. The molecule has 1 amide bonds. The molecular formula is C19H14Cl4N2O3S2. The maximum Gasteiger partial charge on any atom is 0.265 e. The van der Waals surface area contributed by atoms with Crippen molar-refractivity contribution in [1.29, 1.82) is 0 Å². The van der Waals surface area contributed by atoms with Gasteiger partial charge in [0, 0.05) is 46.3 Å². The first-order valence-corrected chi connectivity index (χ1v) is 12.6. The van der Waals surface area contributed by atoms with Crippen molar-refractivity contribution in [3.8, 4) is 0 Å². The summed E-state index contributed by atoms with van der Waals surface area (Å²) in [7, 11) is -3.82. The van der Waals surface area contributed by atoms with E-state index in [2.05, 4.69) is 0 Å². The van der Waals surface area contributed by atoms with E-state index in [0.29, 0.717) is 14.9 Å². The number of piperazine rings is 1. The van der Waals surface area contributed by atoms with Crippen molar-refractivity contribution in [3.05, 3.63) is 61.4 Å². The number of rotatable bonds is 3. The molecule has 11 heteroatoms. The number of carbonyl (C=O) groups excluding carboxylic acids is 1. The van der Waals surface area contributed by atoms with Gasteiger partial charge in [0.1, 0.15) is 9.77 Å². The molecule has 0 unspecified atom stereocenters. The third-order valence-electron chi connectivity index (χ3n) is 4.82. The predicted octanol–water partition coefficient (Wildman–Crippen LogP) is 5.66. The number of fused-ring (bicyclic) bond motifs is 1. The van der Waals surface area contributed by atoms with Crippen molar-refractivity contribution in [3.63, 3.8) is 0 Å². The lowest BCUT2D eigenvalue weighted by molar-refractivity contribution is 0.0703. The number of sulfonamides is 1. The maximum absolute atomic E-state index is 13.0. The Balaban J connectivity index is 1.53.